The number of nitrogens with zero attached hydrogens (tertiary/aromatic N) is 5. The van der Waals surface area contributed by atoms with Gasteiger partial charge in [-0.3, -0.25) is 24.6 Å². The van der Waals surface area contributed by atoms with Gasteiger partial charge in [0.05, 0.1) is 30.8 Å². The predicted octanol–water partition coefficient (Wildman–Crippen LogP) is 2.02. The van der Waals surface area contributed by atoms with Crippen LogP contribution in [-0.2, 0) is 27.4 Å². The van der Waals surface area contributed by atoms with Gasteiger partial charge < -0.3 is 19.3 Å². The number of piperidine rings is 1. The summed E-state index contributed by atoms with van der Waals surface area (Å²) < 4.78 is 11.9. The number of imide groups is 1. The highest BCUT2D eigenvalue weighted by atomic mass is 16.5. The minimum atomic E-state index is -0.616. The first-order chi connectivity index (χ1) is 20.5. The molecule has 216 valence electrons. The third-order valence-electron chi connectivity index (χ3n) is 9.25. The van der Waals surface area contributed by atoms with E-state index in [0.29, 0.717) is 30.6 Å². The standard InChI is InChI=1S/C31H32N6O5/c38-28-6-5-27(29(39)34-28)36-14-20-10-23(2-3-25(20)30(36)40)42-24-7-8-35(15-24)13-18-1-4-26-19(9-18)12-32-31(33-26)37-21-11-22(37)17-41-16-21/h1-4,9-10,12,21-22,24,27H,5-8,11,13-17H2,(H,34,38,39)/t21-,22+,24?,27?. The first-order valence-corrected chi connectivity index (χ1v) is 14.8. The van der Waals surface area contributed by atoms with Crippen molar-refractivity contribution in [3.05, 3.63) is 59.3 Å². The molecular weight excluding hydrogens is 536 g/mol. The number of benzene rings is 2. The minimum absolute atomic E-state index is 0.0534. The van der Waals surface area contributed by atoms with Crippen LogP contribution < -0.4 is 15.0 Å². The highest BCUT2D eigenvalue weighted by Crippen LogP contribution is 2.35. The van der Waals surface area contributed by atoms with Crippen molar-refractivity contribution in [2.75, 3.05) is 31.2 Å². The van der Waals surface area contributed by atoms with Gasteiger partial charge in [0.25, 0.3) is 5.91 Å². The molecule has 1 N–H and O–H groups in total. The molecule has 2 unspecified atom stereocenters. The number of ether oxygens (including phenoxy) is 2. The van der Waals surface area contributed by atoms with Crippen molar-refractivity contribution in [2.45, 2.75) is 63.0 Å². The molecule has 0 aliphatic carbocycles. The van der Waals surface area contributed by atoms with Crippen molar-refractivity contribution in [3.8, 4) is 5.75 Å². The maximum absolute atomic E-state index is 13.0. The topological polar surface area (TPSA) is 117 Å². The van der Waals surface area contributed by atoms with Crippen molar-refractivity contribution < 1.29 is 23.9 Å². The van der Waals surface area contributed by atoms with E-state index >= 15 is 0 Å². The van der Waals surface area contributed by atoms with Gasteiger partial charge in [0.1, 0.15) is 17.9 Å². The van der Waals surface area contributed by atoms with Gasteiger partial charge in [0.2, 0.25) is 17.8 Å². The monoisotopic (exact) mass is 568 g/mol. The van der Waals surface area contributed by atoms with Gasteiger partial charge in [-0.1, -0.05) is 6.07 Å². The molecule has 4 atom stereocenters. The number of aromatic nitrogens is 2. The fourth-order valence-electron chi connectivity index (χ4n) is 7.07. The lowest BCUT2D eigenvalue weighted by molar-refractivity contribution is -0.136. The van der Waals surface area contributed by atoms with E-state index in [4.69, 9.17) is 14.5 Å². The number of hydrogen-bond donors (Lipinski definition) is 1. The van der Waals surface area contributed by atoms with Crippen molar-refractivity contribution in [1.82, 2.24) is 25.1 Å². The number of fused-ring (bicyclic) bond motifs is 4. The first-order valence-electron chi connectivity index (χ1n) is 14.8. The molecule has 0 saturated carbocycles. The molecule has 3 aromatic rings. The summed E-state index contributed by atoms with van der Waals surface area (Å²) in [6.07, 6.45) is 4.67. The highest BCUT2D eigenvalue weighted by Gasteiger charge is 2.44. The van der Waals surface area contributed by atoms with Crippen LogP contribution in [0.5, 0.6) is 5.75 Å². The molecule has 11 nitrogen and oxygen atoms in total. The molecule has 2 aromatic carbocycles. The van der Waals surface area contributed by atoms with E-state index in [1.807, 2.05) is 18.3 Å². The van der Waals surface area contributed by atoms with Gasteiger partial charge in [0, 0.05) is 49.7 Å². The smallest absolute Gasteiger partial charge is 0.255 e. The Hall–Kier alpha value is -4.09. The van der Waals surface area contributed by atoms with Gasteiger partial charge in [-0.2, -0.15) is 0 Å². The van der Waals surface area contributed by atoms with Crippen molar-refractivity contribution in [3.63, 3.8) is 0 Å². The number of carbonyl (C=O) groups is 3. The molecule has 1 aromatic heterocycles. The molecule has 4 fully saturated rings. The molecule has 2 bridgehead atoms. The molecule has 6 heterocycles. The van der Waals surface area contributed by atoms with Crippen LogP contribution in [-0.4, -0.2) is 88.0 Å². The summed E-state index contributed by atoms with van der Waals surface area (Å²) >= 11 is 0. The summed E-state index contributed by atoms with van der Waals surface area (Å²) in [5.41, 5.74) is 3.63. The molecule has 0 radical (unpaired) electrons. The van der Waals surface area contributed by atoms with Crippen molar-refractivity contribution in [1.29, 1.82) is 0 Å². The molecule has 0 spiro atoms. The van der Waals surface area contributed by atoms with Gasteiger partial charge in [-0.15, -0.1) is 0 Å². The number of amides is 3. The van der Waals surface area contributed by atoms with E-state index in [2.05, 4.69) is 38.3 Å². The lowest BCUT2D eigenvalue weighted by Crippen LogP contribution is -2.64. The zero-order valence-electron chi connectivity index (χ0n) is 23.2. The number of nitrogens with one attached hydrogen (secondary N) is 1. The Labute approximate surface area is 242 Å². The van der Waals surface area contributed by atoms with E-state index in [1.165, 1.54) is 5.56 Å². The molecule has 42 heavy (non-hydrogen) atoms. The van der Waals surface area contributed by atoms with Crippen LogP contribution in [0, 0.1) is 0 Å². The Morgan fingerprint density at radius 2 is 1.93 bits per heavy atom. The number of rotatable bonds is 6. The molecule has 3 amide bonds. The molecule has 4 saturated heterocycles. The maximum Gasteiger partial charge on any atom is 0.255 e. The van der Waals surface area contributed by atoms with Gasteiger partial charge in [-0.25, -0.2) is 9.97 Å². The summed E-state index contributed by atoms with van der Waals surface area (Å²) in [6.45, 7) is 4.43. The quantitative estimate of drug-likeness (QED) is 0.446. The Bertz CT molecular complexity index is 1600. The van der Waals surface area contributed by atoms with Crippen molar-refractivity contribution >= 4 is 34.6 Å². The lowest BCUT2D eigenvalue weighted by Gasteiger charge is -2.52. The van der Waals surface area contributed by atoms with Crippen LogP contribution in [0.25, 0.3) is 10.9 Å². The lowest BCUT2D eigenvalue weighted by atomic mass is 9.92. The zero-order valence-corrected chi connectivity index (χ0v) is 23.2. The van der Waals surface area contributed by atoms with E-state index < -0.39 is 11.9 Å². The van der Waals surface area contributed by atoms with Crippen LogP contribution in [0.2, 0.25) is 0 Å². The number of carbonyl (C=O) groups excluding carboxylic acids is 3. The highest BCUT2D eigenvalue weighted by molar-refractivity contribution is 6.05. The molecular formula is C31H32N6O5. The van der Waals surface area contributed by atoms with Crippen LogP contribution in [0.1, 0.15) is 47.2 Å². The molecule has 5 aliphatic heterocycles. The fraction of sp³-hybridized carbons (Fsp3) is 0.452. The van der Waals surface area contributed by atoms with Gasteiger partial charge >= 0.3 is 0 Å². The summed E-state index contributed by atoms with van der Waals surface area (Å²) in [7, 11) is 0. The third-order valence-corrected chi connectivity index (χ3v) is 9.25. The first kappa shape index (κ1) is 25.6. The van der Waals surface area contributed by atoms with E-state index in [-0.39, 0.29) is 24.3 Å². The number of anilines is 1. The zero-order chi connectivity index (χ0) is 28.4. The van der Waals surface area contributed by atoms with Gasteiger partial charge in [0.15, 0.2) is 0 Å². The Balaban J connectivity index is 0.886. The predicted molar refractivity (Wildman–Crippen MR) is 152 cm³/mol. The van der Waals surface area contributed by atoms with E-state index in [1.54, 1.807) is 11.0 Å². The van der Waals surface area contributed by atoms with Gasteiger partial charge in [-0.05, 0) is 60.7 Å². The summed E-state index contributed by atoms with van der Waals surface area (Å²) in [5.74, 6) is 0.676. The van der Waals surface area contributed by atoms with Crippen LogP contribution in [0.4, 0.5) is 5.95 Å². The Morgan fingerprint density at radius 1 is 1.05 bits per heavy atom. The SMILES string of the molecule is O=C1CCC(N2Cc3cc(OC4CCN(Cc5ccc6nc(N7[C@@H]8COC[C@H]7C8)ncc6c5)C4)ccc3C2=O)C(=O)N1. The van der Waals surface area contributed by atoms with Crippen molar-refractivity contribution in [2.24, 2.45) is 0 Å². The summed E-state index contributed by atoms with van der Waals surface area (Å²) in [4.78, 5) is 52.6. The summed E-state index contributed by atoms with van der Waals surface area (Å²) in [6, 6.07) is 12.2. The average Bonchev–Trinajstić information content (AvgIpc) is 3.56. The largest absolute Gasteiger partial charge is 0.489 e. The number of morpholine rings is 1. The Morgan fingerprint density at radius 3 is 2.76 bits per heavy atom. The molecule has 5 aliphatic rings. The van der Waals surface area contributed by atoms with E-state index in [0.717, 1.165) is 73.9 Å². The maximum atomic E-state index is 13.0. The van der Waals surface area contributed by atoms with Crippen LogP contribution >= 0.6 is 0 Å². The minimum Gasteiger partial charge on any atom is -0.489 e. The fourth-order valence-corrected chi connectivity index (χ4v) is 7.07. The third kappa shape index (κ3) is 4.47. The second kappa shape index (κ2) is 10.0. The molecule has 11 heteroatoms. The second-order valence-corrected chi connectivity index (χ2v) is 12.0. The Kier molecular flexibility index (Phi) is 6.11. The molecule has 8 rings (SSSR count). The average molecular weight is 569 g/mol. The number of hydrogen-bond acceptors (Lipinski definition) is 9. The van der Waals surface area contributed by atoms with Crippen LogP contribution in [0.15, 0.2) is 42.6 Å². The normalized spacial score (nSPS) is 27.3. The van der Waals surface area contributed by atoms with E-state index in [9.17, 15) is 14.4 Å². The summed E-state index contributed by atoms with van der Waals surface area (Å²) in [5, 5.41) is 3.39. The number of likely N-dealkylation sites (tertiary alicyclic amines) is 1. The van der Waals surface area contributed by atoms with Crippen LogP contribution in [0.3, 0.4) is 0 Å². The second-order valence-electron chi connectivity index (χ2n) is 12.0.